The summed E-state index contributed by atoms with van der Waals surface area (Å²) >= 11 is 13.8. The fraction of sp³-hybridized carbons (Fsp3) is 0.545. The summed E-state index contributed by atoms with van der Waals surface area (Å²) in [6.45, 7) is 4.72. The second-order valence-corrected chi connectivity index (χ2v) is 5.65. The number of halogens is 2. The maximum absolute atomic E-state index is 6.05. The highest BCUT2D eigenvalue weighted by molar-refractivity contribution is 7.99. The second kappa shape index (κ2) is 6.81. The molecule has 0 bridgehead atoms. The molecule has 3 nitrogen and oxygen atoms in total. The maximum Gasteiger partial charge on any atom is 0.0740 e. The molecule has 0 saturated carbocycles. The molecule has 1 aliphatic rings. The van der Waals surface area contributed by atoms with Gasteiger partial charge in [0.05, 0.1) is 23.3 Å². The lowest BCUT2D eigenvalue weighted by Crippen LogP contribution is -2.37. The van der Waals surface area contributed by atoms with Gasteiger partial charge in [0.2, 0.25) is 0 Å². The Hall–Kier alpha value is -0.0000000000000000971. The largest absolute Gasteiger partial charge is 0.379 e. The van der Waals surface area contributed by atoms with Gasteiger partial charge in [0.25, 0.3) is 0 Å². The van der Waals surface area contributed by atoms with E-state index in [1.165, 1.54) is 0 Å². The molecule has 2 heterocycles. The molecule has 0 aliphatic carbocycles. The smallest absolute Gasteiger partial charge is 0.0740 e. The van der Waals surface area contributed by atoms with Crippen molar-refractivity contribution in [3.05, 3.63) is 22.4 Å². The highest BCUT2D eigenvalue weighted by Crippen LogP contribution is 2.32. The molecule has 1 aliphatic heterocycles. The number of rotatable bonds is 4. The maximum atomic E-state index is 6.05. The molecular formula is C11H14Cl2N2OS. The zero-order chi connectivity index (χ0) is 12.1. The van der Waals surface area contributed by atoms with Crippen LogP contribution in [-0.4, -0.2) is 48.5 Å². The van der Waals surface area contributed by atoms with Crippen LogP contribution in [0.15, 0.2) is 17.3 Å². The van der Waals surface area contributed by atoms with Gasteiger partial charge in [-0.05, 0) is 0 Å². The fourth-order valence-electron chi connectivity index (χ4n) is 1.64. The Morgan fingerprint density at radius 3 is 2.53 bits per heavy atom. The number of hydrogen-bond acceptors (Lipinski definition) is 4. The van der Waals surface area contributed by atoms with Crippen molar-refractivity contribution in [2.45, 2.75) is 4.90 Å². The summed E-state index contributed by atoms with van der Waals surface area (Å²) in [5.74, 6) is 0.976. The van der Waals surface area contributed by atoms with E-state index in [4.69, 9.17) is 27.9 Å². The Morgan fingerprint density at radius 1 is 1.24 bits per heavy atom. The van der Waals surface area contributed by atoms with Crippen molar-refractivity contribution in [1.29, 1.82) is 0 Å². The van der Waals surface area contributed by atoms with E-state index in [1.807, 2.05) is 0 Å². The van der Waals surface area contributed by atoms with Crippen LogP contribution in [0.4, 0.5) is 0 Å². The third-order valence-corrected chi connectivity index (χ3v) is 4.48. The number of morpholine rings is 1. The Kier molecular flexibility index (Phi) is 5.38. The van der Waals surface area contributed by atoms with Gasteiger partial charge < -0.3 is 4.74 Å². The molecular weight excluding hydrogens is 279 g/mol. The molecule has 17 heavy (non-hydrogen) atoms. The lowest BCUT2D eigenvalue weighted by molar-refractivity contribution is 0.0410. The molecule has 0 atom stereocenters. The molecule has 1 aromatic heterocycles. The van der Waals surface area contributed by atoms with Crippen LogP contribution in [0.1, 0.15) is 0 Å². The van der Waals surface area contributed by atoms with Gasteiger partial charge in [0.1, 0.15) is 0 Å². The molecule has 0 amide bonds. The first-order valence-corrected chi connectivity index (χ1v) is 7.23. The first kappa shape index (κ1) is 13.4. The highest BCUT2D eigenvalue weighted by atomic mass is 35.5. The summed E-state index contributed by atoms with van der Waals surface area (Å²) in [5, 5.41) is 1.26. The topological polar surface area (TPSA) is 25.4 Å². The lowest BCUT2D eigenvalue weighted by atomic mass is 10.4. The van der Waals surface area contributed by atoms with Crippen LogP contribution in [-0.2, 0) is 4.74 Å². The molecule has 1 saturated heterocycles. The Bertz CT molecular complexity index is 352. The molecule has 6 heteroatoms. The summed E-state index contributed by atoms with van der Waals surface area (Å²) in [7, 11) is 0. The van der Waals surface area contributed by atoms with Gasteiger partial charge >= 0.3 is 0 Å². The van der Waals surface area contributed by atoms with Crippen molar-refractivity contribution >= 4 is 35.0 Å². The Morgan fingerprint density at radius 2 is 1.88 bits per heavy atom. The van der Waals surface area contributed by atoms with Crippen LogP contribution in [0, 0.1) is 0 Å². The van der Waals surface area contributed by atoms with Crippen LogP contribution in [0.25, 0.3) is 0 Å². The van der Waals surface area contributed by atoms with Gasteiger partial charge in [0, 0.05) is 42.7 Å². The molecule has 0 radical (unpaired) electrons. The SMILES string of the molecule is Clc1cncc(Cl)c1SCCN1CCOCC1. The Labute approximate surface area is 115 Å². The zero-order valence-electron chi connectivity index (χ0n) is 9.36. The molecule has 94 valence electrons. The van der Waals surface area contributed by atoms with Crippen LogP contribution < -0.4 is 0 Å². The standard InChI is InChI=1S/C11H14Cl2N2OS/c12-9-7-14-8-10(13)11(9)17-6-3-15-1-4-16-5-2-15/h7-8H,1-6H2. The van der Waals surface area contributed by atoms with Crippen LogP contribution >= 0.6 is 35.0 Å². The first-order valence-electron chi connectivity index (χ1n) is 5.49. The van der Waals surface area contributed by atoms with E-state index in [2.05, 4.69) is 9.88 Å². The second-order valence-electron chi connectivity index (χ2n) is 3.73. The number of nitrogens with zero attached hydrogens (tertiary/aromatic N) is 2. The van der Waals surface area contributed by atoms with Crippen molar-refractivity contribution in [3.8, 4) is 0 Å². The third kappa shape index (κ3) is 4.00. The Balaban J connectivity index is 1.81. The lowest BCUT2D eigenvalue weighted by Gasteiger charge is -2.26. The van der Waals surface area contributed by atoms with E-state index in [0.29, 0.717) is 10.0 Å². The number of hydrogen-bond donors (Lipinski definition) is 0. The van der Waals surface area contributed by atoms with Gasteiger partial charge in [-0.25, -0.2) is 0 Å². The molecule has 1 fully saturated rings. The van der Waals surface area contributed by atoms with Gasteiger partial charge in [-0.2, -0.15) is 0 Å². The third-order valence-electron chi connectivity index (χ3n) is 2.57. The average molecular weight is 293 g/mol. The summed E-state index contributed by atoms with van der Waals surface area (Å²) in [6, 6.07) is 0. The van der Waals surface area contributed by atoms with Gasteiger partial charge in [-0.15, -0.1) is 11.8 Å². The van der Waals surface area contributed by atoms with Crippen molar-refractivity contribution in [1.82, 2.24) is 9.88 Å². The van der Waals surface area contributed by atoms with Crippen molar-refractivity contribution < 1.29 is 4.74 Å². The minimum absolute atomic E-state index is 0.629. The molecule has 0 N–H and O–H groups in total. The average Bonchev–Trinajstić information content (AvgIpc) is 2.34. The van der Waals surface area contributed by atoms with Crippen molar-refractivity contribution in [2.75, 3.05) is 38.6 Å². The highest BCUT2D eigenvalue weighted by Gasteiger charge is 2.11. The number of pyridine rings is 1. The van der Waals surface area contributed by atoms with Crippen LogP contribution in [0.2, 0.25) is 10.0 Å². The van der Waals surface area contributed by atoms with E-state index in [-0.39, 0.29) is 0 Å². The molecule has 1 aromatic rings. The predicted octanol–water partition coefficient (Wildman–Crippen LogP) is 2.81. The van der Waals surface area contributed by atoms with Crippen LogP contribution in [0.5, 0.6) is 0 Å². The number of ether oxygens (including phenoxy) is 1. The van der Waals surface area contributed by atoms with Crippen LogP contribution in [0.3, 0.4) is 0 Å². The van der Waals surface area contributed by atoms with Gasteiger partial charge in [0.15, 0.2) is 0 Å². The summed E-state index contributed by atoms with van der Waals surface area (Å²) in [4.78, 5) is 7.25. The van der Waals surface area contributed by atoms with Gasteiger partial charge in [-0.1, -0.05) is 23.2 Å². The minimum atomic E-state index is 0.629. The minimum Gasteiger partial charge on any atom is -0.379 e. The zero-order valence-corrected chi connectivity index (χ0v) is 11.7. The predicted molar refractivity (Wildman–Crippen MR) is 72.2 cm³/mol. The summed E-state index contributed by atoms with van der Waals surface area (Å²) < 4.78 is 5.30. The van der Waals surface area contributed by atoms with E-state index in [0.717, 1.165) is 43.5 Å². The normalized spacial score (nSPS) is 17.3. The van der Waals surface area contributed by atoms with Gasteiger partial charge in [-0.3, -0.25) is 9.88 Å². The molecule has 0 spiro atoms. The van der Waals surface area contributed by atoms with E-state index >= 15 is 0 Å². The number of aromatic nitrogens is 1. The molecule has 2 rings (SSSR count). The quantitative estimate of drug-likeness (QED) is 0.797. The van der Waals surface area contributed by atoms with Crippen molar-refractivity contribution in [3.63, 3.8) is 0 Å². The van der Waals surface area contributed by atoms with E-state index < -0.39 is 0 Å². The molecule has 0 unspecified atom stereocenters. The van der Waals surface area contributed by atoms with E-state index in [1.54, 1.807) is 24.2 Å². The number of thioether (sulfide) groups is 1. The van der Waals surface area contributed by atoms with E-state index in [9.17, 15) is 0 Å². The van der Waals surface area contributed by atoms with Crippen molar-refractivity contribution in [2.24, 2.45) is 0 Å². The fourth-order valence-corrected chi connectivity index (χ4v) is 3.27. The molecule has 0 aromatic carbocycles. The monoisotopic (exact) mass is 292 g/mol. The summed E-state index contributed by atoms with van der Waals surface area (Å²) in [5.41, 5.74) is 0. The first-order chi connectivity index (χ1) is 8.27. The summed E-state index contributed by atoms with van der Waals surface area (Å²) in [6.07, 6.45) is 3.26.